The normalized spacial score (nSPS) is 11.8. The average molecular weight is 411 g/mol. The minimum absolute atomic E-state index is 0.0579. The van der Waals surface area contributed by atoms with Crippen LogP contribution in [0, 0.1) is 5.41 Å². The number of imidazole rings is 1. The van der Waals surface area contributed by atoms with Crippen LogP contribution in [0.5, 0.6) is 0 Å². The Morgan fingerprint density at radius 3 is 2.71 bits per heavy atom. The second-order valence-corrected chi connectivity index (χ2v) is 8.46. The highest BCUT2D eigenvalue weighted by molar-refractivity contribution is 5.97. The number of hydrogen-bond acceptors (Lipinski definition) is 5. The predicted octanol–water partition coefficient (Wildman–Crippen LogP) is 4.55. The number of benzene rings is 1. The zero-order valence-electron chi connectivity index (χ0n) is 17.4. The van der Waals surface area contributed by atoms with Gasteiger partial charge >= 0.3 is 0 Å². The molecule has 0 unspecified atom stereocenters. The molecule has 4 aromatic heterocycles. The molecule has 0 bridgehead atoms. The van der Waals surface area contributed by atoms with Crippen LogP contribution in [-0.4, -0.2) is 36.0 Å². The van der Waals surface area contributed by atoms with E-state index in [2.05, 4.69) is 35.5 Å². The van der Waals surface area contributed by atoms with Gasteiger partial charge in [-0.15, -0.1) is 0 Å². The van der Waals surface area contributed by atoms with Gasteiger partial charge < -0.3 is 10.3 Å². The minimum atomic E-state index is -0.484. The quantitative estimate of drug-likeness (QED) is 0.403. The lowest BCUT2D eigenvalue weighted by molar-refractivity contribution is -0.123. The van der Waals surface area contributed by atoms with Crippen LogP contribution in [0.25, 0.3) is 44.7 Å². The van der Waals surface area contributed by atoms with E-state index < -0.39 is 5.41 Å². The first-order valence-electron chi connectivity index (χ1n) is 9.94. The fourth-order valence-electron chi connectivity index (χ4n) is 3.32. The molecular formula is C23H21N7O. The van der Waals surface area contributed by atoms with Gasteiger partial charge in [-0.3, -0.25) is 14.9 Å². The molecule has 1 amide bonds. The number of pyridine rings is 2. The number of hydrogen-bond donors (Lipinski definition) is 3. The maximum atomic E-state index is 12.3. The average Bonchev–Trinajstić information content (AvgIpc) is 3.36. The molecule has 5 aromatic rings. The third kappa shape index (κ3) is 3.52. The Morgan fingerprint density at radius 1 is 1.03 bits per heavy atom. The van der Waals surface area contributed by atoms with Crippen molar-refractivity contribution < 1.29 is 4.79 Å². The summed E-state index contributed by atoms with van der Waals surface area (Å²) in [6.45, 7) is 5.63. The summed E-state index contributed by atoms with van der Waals surface area (Å²) >= 11 is 0. The molecule has 0 aliphatic heterocycles. The molecule has 0 aliphatic rings. The van der Waals surface area contributed by atoms with E-state index in [-0.39, 0.29) is 5.91 Å². The van der Waals surface area contributed by atoms with E-state index in [1.54, 1.807) is 18.6 Å². The second-order valence-electron chi connectivity index (χ2n) is 8.46. The van der Waals surface area contributed by atoms with Gasteiger partial charge in [-0.2, -0.15) is 5.10 Å². The van der Waals surface area contributed by atoms with E-state index in [0.717, 1.165) is 33.2 Å². The van der Waals surface area contributed by atoms with Gasteiger partial charge in [-0.05, 0) is 35.9 Å². The van der Waals surface area contributed by atoms with Crippen LogP contribution < -0.4 is 5.32 Å². The summed E-state index contributed by atoms with van der Waals surface area (Å²) in [6.07, 6.45) is 5.14. The fraction of sp³-hybridized carbons (Fsp3) is 0.174. The summed E-state index contributed by atoms with van der Waals surface area (Å²) in [5.41, 5.74) is 5.16. The predicted molar refractivity (Wildman–Crippen MR) is 120 cm³/mol. The summed E-state index contributed by atoms with van der Waals surface area (Å²) < 4.78 is 0. The maximum Gasteiger partial charge on any atom is 0.229 e. The summed E-state index contributed by atoms with van der Waals surface area (Å²) in [4.78, 5) is 28.8. The van der Waals surface area contributed by atoms with Gasteiger partial charge in [0.15, 0.2) is 11.5 Å². The summed E-state index contributed by atoms with van der Waals surface area (Å²) in [6, 6.07) is 11.7. The molecule has 8 heteroatoms. The SMILES string of the molecule is CC(C)(C)C(=O)Nc1cncc(-c2ccc3[nH]nc(-c4nc5ncccc5[nH]4)c3c2)c1. The highest BCUT2D eigenvalue weighted by Gasteiger charge is 2.21. The van der Waals surface area contributed by atoms with E-state index in [1.165, 1.54) is 0 Å². The van der Waals surface area contributed by atoms with Crippen molar-refractivity contribution in [3.8, 4) is 22.6 Å². The van der Waals surface area contributed by atoms with Gasteiger partial charge in [-0.1, -0.05) is 26.8 Å². The third-order valence-corrected chi connectivity index (χ3v) is 5.06. The summed E-state index contributed by atoms with van der Waals surface area (Å²) in [5.74, 6) is 0.596. The van der Waals surface area contributed by atoms with E-state index in [1.807, 2.05) is 57.2 Å². The number of rotatable bonds is 3. The highest BCUT2D eigenvalue weighted by atomic mass is 16.2. The number of anilines is 1. The number of carbonyl (C=O) groups is 1. The molecular weight excluding hydrogens is 390 g/mol. The number of fused-ring (bicyclic) bond motifs is 2. The molecule has 0 spiro atoms. The summed E-state index contributed by atoms with van der Waals surface area (Å²) in [5, 5.41) is 11.4. The zero-order chi connectivity index (χ0) is 21.6. The Morgan fingerprint density at radius 2 is 1.90 bits per heavy atom. The van der Waals surface area contributed by atoms with Gasteiger partial charge in [0.05, 0.1) is 22.9 Å². The largest absolute Gasteiger partial charge is 0.335 e. The standard InChI is InChI=1S/C23H21N7O/c1-23(2,3)22(31)26-15-9-14(11-24-12-15)13-6-7-17-16(10-13)19(30-29-17)21-27-18-5-4-8-25-20(18)28-21/h4-12H,1-3H3,(H,26,31)(H,29,30)(H,25,27,28). The smallest absolute Gasteiger partial charge is 0.229 e. The molecule has 5 rings (SSSR count). The number of aromatic amines is 2. The van der Waals surface area contributed by atoms with E-state index in [9.17, 15) is 4.79 Å². The number of H-pyrrole nitrogens is 2. The van der Waals surface area contributed by atoms with Crippen molar-refractivity contribution in [1.82, 2.24) is 30.1 Å². The van der Waals surface area contributed by atoms with Crippen molar-refractivity contribution in [2.24, 2.45) is 5.41 Å². The number of nitrogens with one attached hydrogen (secondary N) is 3. The molecule has 154 valence electrons. The number of nitrogens with zero attached hydrogens (tertiary/aromatic N) is 4. The first-order chi connectivity index (χ1) is 14.9. The van der Waals surface area contributed by atoms with Gasteiger partial charge in [-0.25, -0.2) is 9.97 Å². The van der Waals surface area contributed by atoms with Crippen molar-refractivity contribution in [2.75, 3.05) is 5.32 Å². The van der Waals surface area contributed by atoms with Crippen LogP contribution in [0.15, 0.2) is 55.0 Å². The fourth-order valence-corrected chi connectivity index (χ4v) is 3.32. The van der Waals surface area contributed by atoms with Gasteiger partial charge in [0, 0.05) is 28.8 Å². The van der Waals surface area contributed by atoms with E-state index in [0.29, 0.717) is 17.2 Å². The Hall–Kier alpha value is -4.07. The Labute approximate surface area is 178 Å². The van der Waals surface area contributed by atoms with Gasteiger partial charge in [0.25, 0.3) is 0 Å². The Balaban J connectivity index is 1.54. The van der Waals surface area contributed by atoms with Crippen LogP contribution in [0.1, 0.15) is 20.8 Å². The molecule has 31 heavy (non-hydrogen) atoms. The van der Waals surface area contributed by atoms with E-state index >= 15 is 0 Å². The first-order valence-corrected chi connectivity index (χ1v) is 9.94. The minimum Gasteiger partial charge on any atom is -0.335 e. The highest BCUT2D eigenvalue weighted by Crippen LogP contribution is 2.31. The van der Waals surface area contributed by atoms with Gasteiger partial charge in [0.2, 0.25) is 5.91 Å². The maximum absolute atomic E-state index is 12.3. The molecule has 0 atom stereocenters. The molecule has 0 fully saturated rings. The van der Waals surface area contributed by atoms with Crippen molar-refractivity contribution in [1.29, 1.82) is 0 Å². The van der Waals surface area contributed by atoms with Crippen LogP contribution in [0.2, 0.25) is 0 Å². The molecule has 4 heterocycles. The molecule has 0 aliphatic carbocycles. The number of aromatic nitrogens is 6. The van der Waals surface area contributed by atoms with Crippen molar-refractivity contribution in [3.63, 3.8) is 0 Å². The number of amides is 1. The van der Waals surface area contributed by atoms with Crippen molar-refractivity contribution in [2.45, 2.75) is 20.8 Å². The third-order valence-electron chi connectivity index (χ3n) is 5.06. The van der Waals surface area contributed by atoms with Crippen molar-refractivity contribution in [3.05, 3.63) is 55.0 Å². The Kier molecular flexibility index (Phi) is 4.28. The molecule has 0 saturated carbocycles. The van der Waals surface area contributed by atoms with Gasteiger partial charge in [0.1, 0.15) is 5.69 Å². The topological polar surface area (TPSA) is 112 Å². The van der Waals surface area contributed by atoms with Crippen molar-refractivity contribution >= 4 is 33.7 Å². The summed E-state index contributed by atoms with van der Waals surface area (Å²) in [7, 11) is 0. The van der Waals surface area contributed by atoms with Crippen LogP contribution in [-0.2, 0) is 4.79 Å². The molecule has 3 N–H and O–H groups in total. The van der Waals surface area contributed by atoms with Crippen LogP contribution in [0.4, 0.5) is 5.69 Å². The Bertz CT molecular complexity index is 1390. The molecule has 8 nitrogen and oxygen atoms in total. The lowest BCUT2D eigenvalue weighted by atomic mass is 9.95. The molecule has 0 saturated heterocycles. The zero-order valence-corrected chi connectivity index (χ0v) is 17.4. The van der Waals surface area contributed by atoms with Crippen LogP contribution >= 0.6 is 0 Å². The lowest BCUT2D eigenvalue weighted by Crippen LogP contribution is -2.27. The van der Waals surface area contributed by atoms with E-state index in [4.69, 9.17) is 0 Å². The second kappa shape index (κ2) is 7.02. The number of carbonyl (C=O) groups excluding carboxylic acids is 1. The first kappa shape index (κ1) is 18.9. The molecule has 1 aromatic carbocycles. The van der Waals surface area contributed by atoms with Crippen LogP contribution in [0.3, 0.4) is 0 Å². The monoisotopic (exact) mass is 411 g/mol. The lowest BCUT2D eigenvalue weighted by Gasteiger charge is -2.17. The molecule has 0 radical (unpaired) electrons.